The van der Waals surface area contributed by atoms with Crippen LogP contribution < -0.4 is 5.32 Å². The highest BCUT2D eigenvalue weighted by Gasteiger charge is 2.12. The number of nitrogens with zero attached hydrogens (tertiary/aromatic N) is 2. The molecule has 4 rings (SSSR count). The Kier molecular flexibility index (Phi) is 2.39. The molecule has 2 aromatic heterocycles. The van der Waals surface area contributed by atoms with Gasteiger partial charge in [0.25, 0.3) is 0 Å². The van der Waals surface area contributed by atoms with Gasteiger partial charge in [0.15, 0.2) is 0 Å². The van der Waals surface area contributed by atoms with Gasteiger partial charge in [-0.25, -0.2) is 9.97 Å². The van der Waals surface area contributed by atoms with E-state index in [0.717, 1.165) is 27.9 Å². The lowest BCUT2D eigenvalue weighted by molar-refractivity contribution is 0.653. The Bertz CT molecular complexity index is 884. The van der Waals surface area contributed by atoms with Gasteiger partial charge >= 0.3 is 0 Å². The Hall–Kier alpha value is -2.88. The maximum absolute atomic E-state index is 5.74. The number of para-hydroxylation sites is 2. The number of rotatable bonds is 2. The summed E-state index contributed by atoms with van der Waals surface area (Å²) in [7, 11) is 0. The quantitative estimate of drug-likeness (QED) is 0.589. The van der Waals surface area contributed by atoms with Gasteiger partial charge in [0.1, 0.15) is 17.7 Å². The van der Waals surface area contributed by atoms with Crippen LogP contribution in [0.15, 0.2) is 65.3 Å². The zero-order chi connectivity index (χ0) is 13.4. The van der Waals surface area contributed by atoms with Gasteiger partial charge in [0.2, 0.25) is 5.71 Å². The van der Waals surface area contributed by atoms with E-state index in [0.29, 0.717) is 5.71 Å². The molecular weight excluding hydrogens is 250 g/mol. The van der Waals surface area contributed by atoms with Crippen molar-refractivity contribution >= 4 is 33.6 Å². The summed E-state index contributed by atoms with van der Waals surface area (Å²) in [6.07, 6.45) is 1.51. The third kappa shape index (κ3) is 1.70. The molecule has 0 amide bonds. The van der Waals surface area contributed by atoms with Crippen molar-refractivity contribution in [1.29, 1.82) is 0 Å². The van der Waals surface area contributed by atoms with E-state index >= 15 is 0 Å². The molecule has 0 radical (unpaired) electrons. The lowest BCUT2D eigenvalue weighted by atomic mass is 10.2. The normalized spacial score (nSPS) is 11.0. The SMILES string of the molecule is c1ccc(Nc2ncnc3oc4ccccc4c23)cc1. The minimum Gasteiger partial charge on any atom is -0.438 e. The molecule has 20 heavy (non-hydrogen) atoms. The number of benzene rings is 2. The van der Waals surface area contributed by atoms with Crippen LogP contribution in [0.2, 0.25) is 0 Å². The molecule has 2 aromatic carbocycles. The molecule has 0 unspecified atom stereocenters. The van der Waals surface area contributed by atoms with Gasteiger partial charge in [-0.1, -0.05) is 36.4 Å². The summed E-state index contributed by atoms with van der Waals surface area (Å²) in [5, 5.41) is 5.24. The first-order valence-electron chi connectivity index (χ1n) is 6.36. The largest absolute Gasteiger partial charge is 0.438 e. The molecule has 0 fully saturated rings. The molecule has 0 saturated heterocycles. The zero-order valence-corrected chi connectivity index (χ0v) is 10.6. The number of fused-ring (bicyclic) bond motifs is 3. The van der Waals surface area contributed by atoms with Crippen LogP contribution in [0, 0.1) is 0 Å². The van der Waals surface area contributed by atoms with E-state index in [-0.39, 0.29) is 0 Å². The van der Waals surface area contributed by atoms with E-state index in [4.69, 9.17) is 4.42 Å². The number of anilines is 2. The molecule has 4 nitrogen and oxygen atoms in total. The Labute approximate surface area is 115 Å². The molecule has 1 N–H and O–H groups in total. The van der Waals surface area contributed by atoms with Crippen molar-refractivity contribution in [2.24, 2.45) is 0 Å². The fraction of sp³-hybridized carbons (Fsp3) is 0. The van der Waals surface area contributed by atoms with Gasteiger partial charge in [-0.2, -0.15) is 0 Å². The van der Waals surface area contributed by atoms with Crippen LogP contribution in [0.3, 0.4) is 0 Å². The second-order valence-corrected chi connectivity index (χ2v) is 4.49. The second-order valence-electron chi connectivity index (χ2n) is 4.49. The third-order valence-corrected chi connectivity index (χ3v) is 3.21. The number of nitrogens with one attached hydrogen (secondary N) is 1. The molecule has 0 aliphatic carbocycles. The topological polar surface area (TPSA) is 51.0 Å². The maximum Gasteiger partial charge on any atom is 0.232 e. The van der Waals surface area contributed by atoms with Gasteiger partial charge in [-0.05, 0) is 18.2 Å². The first-order valence-corrected chi connectivity index (χ1v) is 6.36. The average Bonchev–Trinajstić information content (AvgIpc) is 2.88. The van der Waals surface area contributed by atoms with Crippen LogP contribution in [-0.2, 0) is 0 Å². The predicted octanol–water partition coefficient (Wildman–Crippen LogP) is 4.12. The van der Waals surface area contributed by atoms with E-state index < -0.39 is 0 Å². The Balaban J connectivity index is 1.95. The van der Waals surface area contributed by atoms with Crippen LogP contribution in [-0.4, -0.2) is 9.97 Å². The highest BCUT2D eigenvalue weighted by atomic mass is 16.3. The van der Waals surface area contributed by atoms with Crippen molar-refractivity contribution in [2.75, 3.05) is 5.32 Å². The van der Waals surface area contributed by atoms with E-state index in [9.17, 15) is 0 Å². The molecule has 0 bridgehead atoms. The van der Waals surface area contributed by atoms with E-state index in [2.05, 4.69) is 15.3 Å². The molecule has 4 heteroatoms. The van der Waals surface area contributed by atoms with Crippen LogP contribution in [0.1, 0.15) is 0 Å². The van der Waals surface area contributed by atoms with E-state index in [1.165, 1.54) is 6.33 Å². The molecule has 0 aliphatic rings. The second kappa shape index (κ2) is 4.35. The van der Waals surface area contributed by atoms with Gasteiger partial charge < -0.3 is 9.73 Å². The van der Waals surface area contributed by atoms with E-state index in [1.807, 2.05) is 54.6 Å². The summed E-state index contributed by atoms with van der Waals surface area (Å²) >= 11 is 0. The first kappa shape index (κ1) is 11.0. The molecule has 0 aliphatic heterocycles. The lowest BCUT2D eigenvalue weighted by Crippen LogP contribution is -1.94. The molecule has 4 aromatic rings. The number of hydrogen-bond acceptors (Lipinski definition) is 4. The number of hydrogen-bond donors (Lipinski definition) is 1. The van der Waals surface area contributed by atoms with Gasteiger partial charge in [0, 0.05) is 11.1 Å². The summed E-state index contributed by atoms with van der Waals surface area (Å²) in [5.41, 5.74) is 2.40. The third-order valence-electron chi connectivity index (χ3n) is 3.21. The van der Waals surface area contributed by atoms with Crippen molar-refractivity contribution in [1.82, 2.24) is 9.97 Å². The Morgan fingerprint density at radius 3 is 2.55 bits per heavy atom. The molecule has 2 heterocycles. The minimum atomic E-state index is 0.597. The van der Waals surface area contributed by atoms with Crippen molar-refractivity contribution in [3.63, 3.8) is 0 Å². The molecule has 0 saturated carbocycles. The summed E-state index contributed by atoms with van der Waals surface area (Å²) in [5.74, 6) is 0.756. The van der Waals surface area contributed by atoms with Crippen molar-refractivity contribution in [3.05, 3.63) is 60.9 Å². The Morgan fingerprint density at radius 1 is 0.850 bits per heavy atom. The van der Waals surface area contributed by atoms with Crippen molar-refractivity contribution in [2.45, 2.75) is 0 Å². The average molecular weight is 261 g/mol. The smallest absolute Gasteiger partial charge is 0.232 e. The summed E-state index contributed by atoms with van der Waals surface area (Å²) in [6.45, 7) is 0. The standard InChI is InChI=1S/C16H11N3O/c1-2-6-11(7-3-1)19-15-14-12-8-4-5-9-13(12)20-16(14)18-10-17-15/h1-10H,(H,17,18,19). The predicted molar refractivity (Wildman–Crippen MR) is 79.0 cm³/mol. The van der Waals surface area contributed by atoms with Crippen molar-refractivity contribution < 1.29 is 4.42 Å². The zero-order valence-electron chi connectivity index (χ0n) is 10.6. The lowest BCUT2D eigenvalue weighted by Gasteiger charge is -2.05. The monoisotopic (exact) mass is 261 g/mol. The summed E-state index contributed by atoms with van der Waals surface area (Å²) < 4.78 is 5.74. The van der Waals surface area contributed by atoms with Crippen molar-refractivity contribution in [3.8, 4) is 0 Å². The summed E-state index contributed by atoms with van der Waals surface area (Å²) in [4.78, 5) is 8.55. The maximum atomic E-state index is 5.74. The fourth-order valence-electron chi connectivity index (χ4n) is 2.31. The van der Waals surface area contributed by atoms with Crippen LogP contribution >= 0.6 is 0 Å². The fourth-order valence-corrected chi connectivity index (χ4v) is 2.31. The molecule has 0 atom stereocenters. The van der Waals surface area contributed by atoms with Crippen LogP contribution in [0.5, 0.6) is 0 Å². The Morgan fingerprint density at radius 2 is 1.65 bits per heavy atom. The minimum absolute atomic E-state index is 0.597. The molecule has 96 valence electrons. The van der Waals surface area contributed by atoms with E-state index in [1.54, 1.807) is 0 Å². The van der Waals surface area contributed by atoms with Gasteiger partial charge in [-0.3, -0.25) is 0 Å². The van der Waals surface area contributed by atoms with Crippen LogP contribution in [0.25, 0.3) is 22.1 Å². The van der Waals surface area contributed by atoms with Gasteiger partial charge in [-0.15, -0.1) is 0 Å². The first-order chi connectivity index (χ1) is 9.92. The van der Waals surface area contributed by atoms with Crippen LogP contribution in [0.4, 0.5) is 11.5 Å². The highest BCUT2D eigenvalue weighted by molar-refractivity contribution is 6.09. The van der Waals surface area contributed by atoms with Gasteiger partial charge in [0.05, 0.1) is 5.39 Å². The number of aromatic nitrogens is 2. The molecule has 0 spiro atoms. The molecular formula is C16H11N3O. The summed E-state index contributed by atoms with van der Waals surface area (Å²) in [6, 6.07) is 17.8. The number of furan rings is 1. The highest BCUT2D eigenvalue weighted by Crippen LogP contribution is 2.32.